The van der Waals surface area contributed by atoms with Crippen LogP contribution >= 0.6 is 0 Å². The first-order valence-corrected chi connectivity index (χ1v) is 5.56. The fourth-order valence-electron chi connectivity index (χ4n) is 1.54. The summed E-state index contributed by atoms with van der Waals surface area (Å²) in [5.74, 6) is 0.755. The average molecular weight is 225 g/mol. The van der Waals surface area contributed by atoms with Crippen molar-refractivity contribution in [3.8, 4) is 0 Å². The first-order chi connectivity index (χ1) is 7.72. The standard InChI is InChI=1S/C11H19N3O2/c1-4-10-13-6-7-14(10)8-9(12-3)11(15)16-5-2/h6-7,9,12H,4-5,8H2,1-3H3. The molecule has 0 aromatic carbocycles. The van der Waals surface area contributed by atoms with Crippen molar-refractivity contribution in [2.24, 2.45) is 0 Å². The van der Waals surface area contributed by atoms with E-state index in [4.69, 9.17) is 4.74 Å². The summed E-state index contributed by atoms with van der Waals surface area (Å²) in [4.78, 5) is 15.8. The van der Waals surface area contributed by atoms with Crippen LogP contribution in [0.4, 0.5) is 0 Å². The van der Waals surface area contributed by atoms with Gasteiger partial charge in [-0.2, -0.15) is 0 Å². The summed E-state index contributed by atoms with van der Waals surface area (Å²) in [7, 11) is 1.75. The molecule has 1 aromatic heterocycles. The van der Waals surface area contributed by atoms with Gasteiger partial charge < -0.3 is 14.6 Å². The lowest BCUT2D eigenvalue weighted by Crippen LogP contribution is -2.39. The molecule has 1 unspecified atom stereocenters. The van der Waals surface area contributed by atoms with E-state index in [1.54, 1.807) is 20.2 Å². The lowest BCUT2D eigenvalue weighted by atomic mass is 10.3. The van der Waals surface area contributed by atoms with E-state index in [9.17, 15) is 4.79 Å². The van der Waals surface area contributed by atoms with Gasteiger partial charge in [-0.1, -0.05) is 6.92 Å². The Morgan fingerprint density at radius 1 is 1.62 bits per heavy atom. The van der Waals surface area contributed by atoms with Gasteiger partial charge >= 0.3 is 5.97 Å². The van der Waals surface area contributed by atoms with Gasteiger partial charge in [-0.05, 0) is 14.0 Å². The highest BCUT2D eigenvalue weighted by molar-refractivity contribution is 5.75. The molecule has 0 aliphatic carbocycles. The number of aromatic nitrogens is 2. The fourth-order valence-corrected chi connectivity index (χ4v) is 1.54. The molecular formula is C11H19N3O2. The van der Waals surface area contributed by atoms with Crippen LogP contribution in [0.2, 0.25) is 0 Å². The van der Waals surface area contributed by atoms with Crippen LogP contribution in [0.5, 0.6) is 0 Å². The van der Waals surface area contributed by atoms with Crippen molar-refractivity contribution in [2.75, 3.05) is 13.7 Å². The lowest BCUT2D eigenvalue weighted by Gasteiger charge is -2.16. The van der Waals surface area contributed by atoms with Gasteiger partial charge in [-0.3, -0.25) is 4.79 Å². The number of hydrogen-bond donors (Lipinski definition) is 1. The normalized spacial score (nSPS) is 12.4. The topological polar surface area (TPSA) is 56.2 Å². The molecule has 0 fully saturated rings. The van der Waals surface area contributed by atoms with Gasteiger partial charge in [-0.25, -0.2) is 4.98 Å². The average Bonchev–Trinajstić information content (AvgIpc) is 2.73. The number of nitrogens with one attached hydrogen (secondary N) is 1. The number of esters is 1. The number of aryl methyl sites for hydroxylation is 1. The molecule has 0 spiro atoms. The Bertz CT molecular complexity index is 336. The number of nitrogens with zero attached hydrogens (tertiary/aromatic N) is 2. The maximum Gasteiger partial charge on any atom is 0.324 e. The zero-order valence-electron chi connectivity index (χ0n) is 10.1. The van der Waals surface area contributed by atoms with Gasteiger partial charge in [0, 0.05) is 25.4 Å². The molecule has 0 saturated heterocycles. The van der Waals surface area contributed by atoms with Crippen molar-refractivity contribution in [1.29, 1.82) is 0 Å². The molecule has 5 heteroatoms. The number of imidazole rings is 1. The highest BCUT2D eigenvalue weighted by Gasteiger charge is 2.18. The van der Waals surface area contributed by atoms with Gasteiger partial charge in [-0.15, -0.1) is 0 Å². The van der Waals surface area contributed by atoms with E-state index in [-0.39, 0.29) is 12.0 Å². The van der Waals surface area contributed by atoms with Crippen LogP contribution in [0.15, 0.2) is 12.4 Å². The minimum absolute atomic E-state index is 0.222. The van der Waals surface area contributed by atoms with Crippen LogP contribution in [-0.2, 0) is 22.5 Å². The van der Waals surface area contributed by atoms with Crippen LogP contribution in [0.3, 0.4) is 0 Å². The number of rotatable bonds is 6. The Morgan fingerprint density at radius 2 is 2.38 bits per heavy atom. The number of hydrogen-bond acceptors (Lipinski definition) is 4. The number of carbonyl (C=O) groups excluding carboxylic acids is 1. The van der Waals surface area contributed by atoms with Crippen LogP contribution in [0.25, 0.3) is 0 Å². The van der Waals surface area contributed by atoms with Gasteiger partial charge in [0.1, 0.15) is 11.9 Å². The van der Waals surface area contributed by atoms with Crippen molar-refractivity contribution in [2.45, 2.75) is 32.9 Å². The fraction of sp³-hybridized carbons (Fsp3) is 0.636. The number of carbonyl (C=O) groups is 1. The van der Waals surface area contributed by atoms with Crippen molar-refractivity contribution in [1.82, 2.24) is 14.9 Å². The zero-order chi connectivity index (χ0) is 12.0. The molecule has 1 aromatic rings. The summed E-state index contributed by atoms with van der Waals surface area (Å²) >= 11 is 0. The van der Waals surface area contributed by atoms with Crippen molar-refractivity contribution in [3.63, 3.8) is 0 Å². The van der Waals surface area contributed by atoms with Gasteiger partial charge in [0.2, 0.25) is 0 Å². The predicted octanol–water partition coefficient (Wildman–Crippen LogP) is 0.597. The minimum Gasteiger partial charge on any atom is -0.465 e. The largest absolute Gasteiger partial charge is 0.465 e. The number of ether oxygens (including phenoxy) is 1. The molecule has 0 aliphatic rings. The van der Waals surface area contributed by atoms with Crippen molar-refractivity contribution >= 4 is 5.97 Å². The molecule has 1 rings (SSSR count). The lowest BCUT2D eigenvalue weighted by molar-refractivity contribution is -0.145. The van der Waals surface area contributed by atoms with E-state index < -0.39 is 0 Å². The second-order valence-electron chi connectivity index (χ2n) is 3.44. The monoisotopic (exact) mass is 225 g/mol. The summed E-state index contributed by atoms with van der Waals surface area (Å²) < 4.78 is 6.95. The Kier molecular flexibility index (Phi) is 4.98. The van der Waals surface area contributed by atoms with E-state index in [0.29, 0.717) is 13.2 Å². The second-order valence-corrected chi connectivity index (χ2v) is 3.44. The Morgan fingerprint density at radius 3 is 2.94 bits per heavy atom. The Hall–Kier alpha value is -1.36. The van der Waals surface area contributed by atoms with E-state index in [0.717, 1.165) is 12.2 Å². The molecule has 90 valence electrons. The second kappa shape index (κ2) is 6.27. The molecule has 1 heterocycles. The predicted molar refractivity (Wildman–Crippen MR) is 61.1 cm³/mol. The molecular weight excluding hydrogens is 206 g/mol. The molecule has 0 bridgehead atoms. The molecule has 16 heavy (non-hydrogen) atoms. The van der Waals surface area contributed by atoms with Crippen molar-refractivity contribution < 1.29 is 9.53 Å². The smallest absolute Gasteiger partial charge is 0.324 e. The third-order valence-electron chi connectivity index (χ3n) is 2.42. The highest BCUT2D eigenvalue weighted by atomic mass is 16.5. The van der Waals surface area contributed by atoms with E-state index in [1.807, 2.05) is 17.7 Å². The molecule has 0 aliphatic heterocycles. The summed E-state index contributed by atoms with van der Waals surface area (Å²) in [6.07, 6.45) is 4.48. The van der Waals surface area contributed by atoms with Crippen LogP contribution in [0.1, 0.15) is 19.7 Å². The van der Waals surface area contributed by atoms with Crippen LogP contribution in [-0.4, -0.2) is 35.2 Å². The summed E-state index contributed by atoms with van der Waals surface area (Å²) in [6, 6.07) is -0.320. The molecule has 0 amide bonds. The van der Waals surface area contributed by atoms with Crippen molar-refractivity contribution in [3.05, 3.63) is 18.2 Å². The maximum atomic E-state index is 11.6. The minimum atomic E-state index is -0.320. The first-order valence-electron chi connectivity index (χ1n) is 5.56. The molecule has 5 nitrogen and oxygen atoms in total. The molecule has 0 radical (unpaired) electrons. The van der Waals surface area contributed by atoms with Gasteiger partial charge in [0.15, 0.2) is 0 Å². The summed E-state index contributed by atoms with van der Waals surface area (Å²) in [6.45, 7) is 4.80. The van der Waals surface area contributed by atoms with Gasteiger partial charge in [0.05, 0.1) is 6.61 Å². The van der Waals surface area contributed by atoms with E-state index in [2.05, 4.69) is 10.3 Å². The molecule has 1 N–H and O–H groups in total. The van der Waals surface area contributed by atoms with Crippen LogP contribution < -0.4 is 5.32 Å². The zero-order valence-corrected chi connectivity index (χ0v) is 10.1. The van der Waals surface area contributed by atoms with E-state index in [1.165, 1.54) is 0 Å². The maximum absolute atomic E-state index is 11.6. The quantitative estimate of drug-likeness (QED) is 0.720. The third kappa shape index (κ3) is 3.06. The summed E-state index contributed by atoms with van der Waals surface area (Å²) in [5.41, 5.74) is 0. The van der Waals surface area contributed by atoms with E-state index >= 15 is 0 Å². The third-order valence-corrected chi connectivity index (χ3v) is 2.42. The highest BCUT2D eigenvalue weighted by Crippen LogP contribution is 2.02. The SMILES string of the molecule is CCOC(=O)C(Cn1ccnc1CC)NC. The summed E-state index contributed by atoms with van der Waals surface area (Å²) in [5, 5.41) is 2.95. The van der Waals surface area contributed by atoms with Gasteiger partial charge in [0.25, 0.3) is 0 Å². The van der Waals surface area contributed by atoms with Crippen LogP contribution in [0, 0.1) is 0 Å². The Labute approximate surface area is 95.8 Å². The molecule has 0 saturated carbocycles. The Balaban J connectivity index is 2.66. The molecule has 1 atom stereocenters. The first kappa shape index (κ1) is 12.7. The number of likely N-dealkylation sites (N-methyl/N-ethyl adjacent to an activating group) is 1.